The normalized spacial score (nSPS) is 11.6. The van der Waals surface area contributed by atoms with Crippen molar-refractivity contribution in [2.75, 3.05) is 11.9 Å². The summed E-state index contributed by atoms with van der Waals surface area (Å²) in [6, 6.07) is 9.52. The van der Waals surface area contributed by atoms with Gasteiger partial charge in [-0.25, -0.2) is 9.18 Å². The second kappa shape index (κ2) is 8.80. The molecule has 1 N–H and O–H groups in total. The maximum absolute atomic E-state index is 13.0. The smallest absolute Gasteiger partial charge is 0.344 e. The predicted molar refractivity (Wildman–Crippen MR) is 99.7 cm³/mol. The summed E-state index contributed by atoms with van der Waals surface area (Å²) in [6.45, 7) is 4.88. The summed E-state index contributed by atoms with van der Waals surface area (Å²) in [7, 11) is 0. The van der Waals surface area contributed by atoms with E-state index >= 15 is 0 Å². The van der Waals surface area contributed by atoms with Gasteiger partial charge in [-0.2, -0.15) is 0 Å². The quantitative estimate of drug-likeness (QED) is 0.708. The molecule has 2 aromatic carbocycles. The number of carbonyl (C=O) groups excluding carboxylic acids is 2. The van der Waals surface area contributed by atoms with Crippen LogP contribution in [0.4, 0.5) is 10.1 Å². The molecule has 7 heteroatoms. The minimum absolute atomic E-state index is 0.302. The Morgan fingerprint density at radius 1 is 1.19 bits per heavy atom. The third-order valence-corrected chi connectivity index (χ3v) is 4.19. The molecule has 0 saturated heterocycles. The number of hydrogen-bond acceptors (Lipinski definition) is 4. The molecule has 0 aliphatic rings. The Morgan fingerprint density at radius 2 is 1.92 bits per heavy atom. The summed E-state index contributed by atoms with van der Waals surface area (Å²) in [6.07, 6.45) is -0.984. The van der Waals surface area contributed by atoms with E-state index in [0.717, 1.165) is 11.1 Å². The zero-order valence-electron chi connectivity index (χ0n) is 14.6. The maximum Gasteiger partial charge on any atom is 0.344 e. The highest BCUT2D eigenvalue weighted by molar-refractivity contribution is 9.10. The zero-order chi connectivity index (χ0) is 19.3. The highest BCUT2D eigenvalue weighted by Crippen LogP contribution is 2.25. The Hall–Kier alpha value is -2.41. The third-order valence-electron chi connectivity index (χ3n) is 3.57. The van der Waals surface area contributed by atoms with Crippen molar-refractivity contribution in [1.82, 2.24) is 0 Å². The largest absolute Gasteiger partial charge is 0.481 e. The molecule has 0 saturated carbocycles. The predicted octanol–water partition coefficient (Wildman–Crippen LogP) is 4.15. The molecule has 0 spiro atoms. The number of halogens is 2. The SMILES string of the molecule is Cc1ccc(C)c(NC(=O)C(C)OC(=O)COc2ccc(F)cc2Br)c1. The van der Waals surface area contributed by atoms with E-state index in [1.54, 1.807) is 0 Å². The van der Waals surface area contributed by atoms with Crippen LogP contribution in [0.15, 0.2) is 40.9 Å². The van der Waals surface area contributed by atoms with Crippen LogP contribution in [0.1, 0.15) is 18.1 Å². The average molecular weight is 424 g/mol. The lowest BCUT2D eigenvalue weighted by atomic mass is 10.1. The van der Waals surface area contributed by atoms with Crippen LogP contribution >= 0.6 is 15.9 Å². The minimum atomic E-state index is -0.984. The van der Waals surface area contributed by atoms with Crippen LogP contribution in [0.3, 0.4) is 0 Å². The summed E-state index contributed by atoms with van der Waals surface area (Å²) >= 11 is 3.14. The fourth-order valence-electron chi connectivity index (χ4n) is 2.12. The number of amides is 1. The number of nitrogens with one attached hydrogen (secondary N) is 1. The van der Waals surface area contributed by atoms with Gasteiger partial charge >= 0.3 is 5.97 Å². The Morgan fingerprint density at radius 3 is 2.62 bits per heavy atom. The summed E-state index contributed by atoms with van der Waals surface area (Å²) in [5, 5.41) is 2.74. The molecular weight excluding hydrogens is 405 g/mol. The van der Waals surface area contributed by atoms with Gasteiger partial charge in [0.1, 0.15) is 11.6 Å². The topological polar surface area (TPSA) is 64.6 Å². The Labute approximate surface area is 159 Å². The number of aryl methyl sites for hydroxylation is 2. The number of esters is 1. The molecule has 0 aromatic heterocycles. The van der Waals surface area contributed by atoms with Crippen molar-refractivity contribution in [2.24, 2.45) is 0 Å². The van der Waals surface area contributed by atoms with E-state index < -0.39 is 30.4 Å². The highest BCUT2D eigenvalue weighted by Gasteiger charge is 2.19. The number of ether oxygens (including phenoxy) is 2. The molecule has 5 nitrogen and oxygen atoms in total. The number of carbonyl (C=O) groups is 2. The van der Waals surface area contributed by atoms with Crippen molar-refractivity contribution in [3.8, 4) is 5.75 Å². The van der Waals surface area contributed by atoms with E-state index in [1.807, 2.05) is 32.0 Å². The number of benzene rings is 2. The van der Waals surface area contributed by atoms with Gasteiger partial charge in [-0.1, -0.05) is 12.1 Å². The average Bonchev–Trinajstić information content (AvgIpc) is 2.57. The molecule has 0 fully saturated rings. The fourth-order valence-corrected chi connectivity index (χ4v) is 2.58. The fraction of sp³-hybridized carbons (Fsp3) is 0.263. The monoisotopic (exact) mass is 423 g/mol. The molecule has 26 heavy (non-hydrogen) atoms. The van der Waals surface area contributed by atoms with Crippen molar-refractivity contribution >= 4 is 33.5 Å². The standard InChI is InChI=1S/C19H19BrFNO4/c1-11-4-5-12(2)16(8-11)22-19(24)13(3)26-18(23)10-25-17-7-6-14(21)9-15(17)20/h4-9,13H,10H2,1-3H3,(H,22,24). The van der Waals surface area contributed by atoms with E-state index in [2.05, 4.69) is 21.2 Å². The van der Waals surface area contributed by atoms with E-state index in [1.165, 1.54) is 25.1 Å². The zero-order valence-corrected chi connectivity index (χ0v) is 16.2. The van der Waals surface area contributed by atoms with Crippen molar-refractivity contribution in [2.45, 2.75) is 26.9 Å². The molecular formula is C19H19BrFNO4. The van der Waals surface area contributed by atoms with E-state index in [4.69, 9.17) is 9.47 Å². The van der Waals surface area contributed by atoms with Crippen LogP contribution in [0.25, 0.3) is 0 Å². The van der Waals surface area contributed by atoms with Gasteiger partial charge in [0.25, 0.3) is 5.91 Å². The van der Waals surface area contributed by atoms with Crippen LogP contribution in [0.2, 0.25) is 0 Å². The van der Waals surface area contributed by atoms with Gasteiger partial charge in [-0.3, -0.25) is 4.79 Å². The second-order valence-electron chi connectivity index (χ2n) is 5.80. The van der Waals surface area contributed by atoms with Crippen LogP contribution in [0.5, 0.6) is 5.75 Å². The summed E-state index contributed by atoms with van der Waals surface area (Å²) in [5.74, 6) is -1.26. The second-order valence-corrected chi connectivity index (χ2v) is 6.66. The first-order valence-corrected chi connectivity index (χ1v) is 8.71. The van der Waals surface area contributed by atoms with Crippen molar-refractivity contribution < 1.29 is 23.5 Å². The van der Waals surface area contributed by atoms with Gasteiger partial charge in [0.15, 0.2) is 12.7 Å². The third kappa shape index (κ3) is 5.56. The molecule has 1 amide bonds. The number of rotatable bonds is 6. The van der Waals surface area contributed by atoms with Crippen molar-refractivity contribution in [3.63, 3.8) is 0 Å². The first-order chi connectivity index (χ1) is 12.3. The molecule has 1 unspecified atom stereocenters. The van der Waals surface area contributed by atoms with Crippen LogP contribution < -0.4 is 10.1 Å². The van der Waals surface area contributed by atoms with Crippen LogP contribution in [0, 0.1) is 19.7 Å². The van der Waals surface area contributed by atoms with Crippen molar-refractivity contribution in [3.05, 3.63) is 57.8 Å². The molecule has 0 aliphatic carbocycles. The van der Waals surface area contributed by atoms with Crippen LogP contribution in [-0.4, -0.2) is 24.6 Å². The molecule has 0 aliphatic heterocycles. The number of hydrogen-bond donors (Lipinski definition) is 1. The molecule has 2 rings (SSSR count). The minimum Gasteiger partial charge on any atom is -0.481 e. The maximum atomic E-state index is 13.0. The Kier molecular flexibility index (Phi) is 6.74. The Balaban J connectivity index is 1.87. The summed E-state index contributed by atoms with van der Waals surface area (Å²) < 4.78 is 23.7. The molecule has 0 bridgehead atoms. The van der Waals surface area contributed by atoms with Gasteiger partial charge in [-0.05, 0) is 72.1 Å². The molecule has 1 atom stereocenters. The van der Waals surface area contributed by atoms with Gasteiger partial charge in [0.05, 0.1) is 4.47 Å². The lowest BCUT2D eigenvalue weighted by Gasteiger charge is -2.15. The molecule has 0 heterocycles. The first kappa shape index (κ1) is 19.9. The highest BCUT2D eigenvalue weighted by atomic mass is 79.9. The van der Waals surface area contributed by atoms with Gasteiger partial charge in [-0.15, -0.1) is 0 Å². The molecule has 2 aromatic rings. The summed E-state index contributed by atoms with van der Waals surface area (Å²) in [5.41, 5.74) is 2.59. The molecule has 138 valence electrons. The van der Waals surface area contributed by atoms with Gasteiger partial charge in [0, 0.05) is 5.69 Å². The van der Waals surface area contributed by atoms with E-state index in [-0.39, 0.29) is 0 Å². The van der Waals surface area contributed by atoms with Crippen LogP contribution in [-0.2, 0) is 14.3 Å². The lowest BCUT2D eigenvalue weighted by molar-refractivity contribution is -0.155. The molecule has 0 radical (unpaired) electrons. The van der Waals surface area contributed by atoms with Crippen molar-refractivity contribution in [1.29, 1.82) is 0 Å². The summed E-state index contributed by atoms with van der Waals surface area (Å²) in [4.78, 5) is 24.1. The Bertz CT molecular complexity index is 825. The van der Waals surface area contributed by atoms with Gasteiger partial charge < -0.3 is 14.8 Å². The van der Waals surface area contributed by atoms with E-state index in [0.29, 0.717) is 15.9 Å². The first-order valence-electron chi connectivity index (χ1n) is 7.91. The lowest BCUT2D eigenvalue weighted by Crippen LogP contribution is -2.31. The number of anilines is 1. The van der Waals surface area contributed by atoms with Gasteiger partial charge in [0.2, 0.25) is 0 Å². The van der Waals surface area contributed by atoms with E-state index in [9.17, 15) is 14.0 Å².